The van der Waals surface area contributed by atoms with Crippen LogP contribution in [0.4, 0.5) is 46.6 Å². The molecule has 0 bridgehead atoms. The van der Waals surface area contributed by atoms with Crippen LogP contribution in [0.3, 0.4) is 0 Å². The fourth-order valence-corrected chi connectivity index (χ4v) is 6.01. The smallest absolute Gasteiger partial charge is 0.425 e. The standard InChI is InChI=1S/C30H33F8N7O3/c1-14-20(30(36,37)38)16(11-17(39)21(14)31)23-22(32)24-19(26(42-23)48-18(29(33,34)35)10-15-2-5-41-15)25(40)44-27(43-24)47-13-28(3-4-28)12-45-6-8-46-9-7-45/h11,15,18,41H,2-10,12-13,39H2,1H3,(H2,40,43,44). The lowest BCUT2D eigenvalue weighted by molar-refractivity contribution is -0.199. The van der Waals surface area contributed by atoms with Gasteiger partial charge in [0.25, 0.3) is 0 Å². The van der Waals surface area contributed by atoms with E-state index in [4.69, 9.17) is 25.7 Å². The minimum atomic E-state index is -5.25. The van der Waals surface area contributed by atoms with Crippen LogP contribution >= 0.6 is 0 Å². The van der Waals surface area contributed by atoms with E-state index in [1.54, 1.807) is 0 Å². The summed E-state index contributed by atoms with van der Waals surface area (Å²) in [6, 6.07) is -0.511. The zero-order chi connectivity index (χ0) is 34.6. The number of nitrogens with two attached hydrogens (primary N) is 2. The Hall–Kier alpha value is -3.77. The highest BCUT2D eigenvalue weighted by Gasteiger charge is 2.47. The molecule has 262 valence electrons. The molecule has 5 N–H and O–H groups in total. The van der Waals surface area contributed by atoms with E-state index in [1.165, 1.54) is 0 Å². The second-order valence-electron chi connectivity index (χ2n) is 12.5. The number of rotatable bonds is 10. The molecular weight excluding hydrogens is 658 g/mol. The Morgan fingerprint density at radius 1 is 1.06 bits per heavy atom. The van der Waals surface area contributed by atoms with Gasteiger partial charge < -0.3 is 31.0 Å². The molecule has 48 heavy (non-hydrogen) atoms. The van der Waals surface area contributed by atoms with Crippen LogP contribution in [0.25, 0.3) is 22.2 Å². The molecular formula is C30H33F8N7O3. The number of halogens is 8. The monoisotopic (exact) mass is 691 g/mol. The largest absolute Gasteiger partial charge is 0.464 e. The van der Waals surface area contributed by atoms with Crippen LogP contribution in [-0.4, -0.2) is 84.2 Å². The first-order valence-corrected chi connectivity index (χ1v) is 15.3. The molecule has 1 saturated carbocycles. The van der Waals surface area contributed by atoms with Gasteiger partial charge in [-0.15, -0.1) is 0 Å². The van der Waals surface area contributed by atoms with Crippen LogP contribution in [0.5, 0.6) is 11.9 Å². The van der Waals surface area contributed by atoms with Crippen LogP contribution in [0, 0.1) is 24.0 Å². The van der Waals surface area contributed by atoms with Gasteiger partial charge in [0.15, 0.2) is 11.9 Å². The van der Waals surface area contributed by atoms with Gasteiger partial charge in [0.2, 0.25) is 5.88 Å². The number of hydrogen-bond acceptors (Lipinski definition) is 10. The third-order valence-electron chi connectivity index (χ3n) is 9.00. The molecule has 0 radical (unpaired) electrons. The van der Waals surface area contributed by atoms with Crippen LogP contribution < -0.4 is 26.3 Å². The first-order valence-electron chi connectivity index (χ1n) is 15.3. The Morgan fingerprint density at radius 2 is 1.75 bits per heavy atom. The van der Waals surface area contributed by atoms with Crippen LogP contribution in [0.2, 0.25) is 0 Å². The second-order valence-corrected chi connectivity index (χ2v) is 12.5. The first-order chi connectivity index (χ1) is 22.6. The van der Waals surface area contributed by atoms with Crippen LogP contribution in [-0.2, 0) is 10.9 Å². The van der Waals surface area contributed by atoms with Crippen molar-refractivity contribution in [2.24, 2.45) is 5.41 Å². The van der Waals surface area contributed by atoms with E-state index in [2.05, 4.69) is 25.2 Å². The van der Waals surface area contributed by atoms with Gasteiger partial charge in [-0.2, -0.15) is 36.3 Å². The zero-order valence-electron chi connectivity index (χ0n) is 25.7. The fourth-order valence-electron chi connectivity index (χ4n) is 6.01. The number of anilines is 2. The van der Waals surface area contributed by atoms with Gasteiger partial charge in [-0.1, -0.05) is 0 Å². The molecule has 2 aliphatic heterocycles. The Bertz CT molecular complexity index is 1690. The van der Waals surface area contributed by atoms with Gasteiger partial charge in [-0.3, -0.25) is 4.90 Å². The molecule has 10 nitrogen and oxygen atoms in total. The van der Waals surface area contributed by atoms with Gasteiger partial charge in [0, 0.05) is 43.1 Å². The molecule has 1 aromatic carbocycles. The lowest BCUT2D eigenvalue weighted by atomic mass is 9.96. The highest BCUT2D eigenvalue weighted by Crippen LogP contribution is 2.48. The molecule has 0 spiro atoms. The Morgan fingerprint density at radius 3 is 2.33 bits per heavy atom. The molecule has 3 aromatic rings. The summed E-state index contributed by atoms with van der Waals surface area (Å²) in [5, 5.41) is 2.22. The number of nitrogens with zero attached hydrogens (tertiary/aromatic N) is 4. The lowest BCUT2D eigenvalue weighted by Crippen LogP contribution is -2.49. The van der Waals surface area contributed by atoms with Gasteiger partial charge in [-0.05, 0) is 44.4 Å². The van der Waals surface area contributed by atoms with Gasteiger partial charge in [0.05, 0.1) is 31.1 Å². The Kier molecular flexibility index (Phi) is 8.95. The molecule has 4 heterocycles. The normalized spacial score (nSPS) is 20.4. The summed E-state index contributed by atoms with van der Waals surface area (Å²) < 4.78 is 133. The van der Waals surface area contributed by atoms with Crippen molar-refractivity contribution in [2.45, 2.75) is 57.1 Å². The van der Waals surface area contributed by atoms with Crippen molar-refractivity contribution < 1.29 is 49.3 Å². The quantitative estimate of drug-likeness (QED) is 0.197. The molecule has 2 atom stereocenters. The first kappa shape index (κ1) is 34.1. The van der Waals surface area contributed by atoms with E-state index in [9.17, 15) is 30.7 Å². The predicted molar refractivity (Wildman–Crippen MR) is 157 cm³/mol. The third-order valence-corrected chi connectivity index (χ3v) is 9.00. The van der Waals surface area contributed by atoms with Crippen molar-refractivity contribution >= 4 is 22.4 Å². The number of ether oxygens (including phenoxy) is 3. The SMILES string of the molecule is Cc1c(F)c(N)cc(-c2nc(OC(CC3CCN3)C(F)(F)F)c3c(N)nc(OCC4(CN5CCOCC5)CC4)nc3c2F)c1C(F)(F)F. The van der Waals surface area contributed by atoms with Crippen molar-refractivity contribution in [1.29, 1.82) is 0 Å². The maximum absolute atomic E-state index is 16.4. The molecule has 3 aliphatic rings. The molecule has 2 aromatic heterocycles. The van der Waals surface area contributed by atoms with Crippen molar-refractivity contribution in [1.82, 2.24) is 25.2 Å². The number of fused-ring (bicyclic) bond motifs is 1. The number of hydrogen-bond donors (Lipinski definition) is 3. The summed E-state index contributed by atoms with van der Waals surface area (Å²) in [6.45, 7) is 4.68. The summed E-state index contributed by atoms with van der Waals surface area (Å²) in [5.41, 5.74) is 5.17. The number of nitrogens with one attached hydrogen (secondary N) is 1. The van der Waals surface area contributed by atoms with E-state index in [0.717, 1.165) is 32.9 Å². The minimum Gasteiger partial charge on any atom is -0.464 e. The number of benzene rings is 1. The van der Waals surface area contributed by atoms with Crippen molar-refractivity contribution in [3.63, 3.8) is 0 Å². The highest BCUT2D eigenvalue weighted by atomic mass is 19.4. The Balaban J connectivity index is 1.46. The van der Waals surface area contributed by atoms with Crippen LogP contribution in [0.15, 0.2) is 6.07 Å². The molecule has 3 fully saturated rings. The molecule has 6 rings (SSSR count). The fraction of sp³-hybridized carbons (Fsp3) is 0.567. The zero-order valence-corrected chi connectivity index (χ0v) is 25.7. The van der Waals surface area contributed by atoms with Gasteiger partial charge >= 0.3 is 18.4 Å². The van der Waals surface area contributed by atoms with Crippen LogP contribution in [0.1, 0.15) is 36.8 Å². The van der Waals surface area contributed by atoms with E-state index in [-0.39, 0.29) is 12.0 Å². The minimum absolute atomic E-state index is 0.0919. The summed E-state index contributed by atoms with van der Waals surface area (Å²) in [6.07, 6.45) is -11.3. The molecule has 1 aliphatic carbocycles. The average Bonchev–Trinajstić information content (AvgIpc) is 3.75. The third kappa shape index (κ3) is 6.87. The number of morpholine rings is 1. The number of aromatic nitrogens is 3. The second kappa shape index (κ2) is 12.6. The predicted octanol–water partition coefficient (Wildman–Crippen LogP) is 5.01. The lowest BCUT2D eigenvalue weighted by Gasteiger charge is -2.32. The number of nitrogen functional groups attached to an aromatic ring is 2. The maximum Gasteiger partial charge on any atom is 0.425 e. The van der Waals surface area contributed by atoms with Gasteiger partial charge in [-0.25, -0.2) is 13.8 Å². The van der Waals surface area contributed by atoms with E-state index in [1.807, 2.05) is 0 Å². The summed E-state index contributed by atoms with van der Waals surface area (Å²) >= 11 is 0. The topological polar surface area (TPSA) is 134 Å². The molecule has 2 unspecified atom stereocenters. The highest BCUT2D eigenvalue weighted by molar-refractivity contribution is 5.96. The van der Waals surface area contributed by atoms with Crippen molar-refractivity contribution in [3.8, 4) is 23.1 Å². The number of alkyl halides is 6. The molecule has 2 saturated heterocycles. The van der Waals surface area contributed by atoms with Gasteiger partial charge in [0.1, 0.15) is 28.2 Å². The van der Waals surface area contributed by atoms with E-state index >= 15 is 4.39 Å². The summed E-state index contributed by atoms with van der Waals surface area (Å²) in [4.78, 5) is 14.1. The molecule has 0 amide bonds. The summed E-state index contributed by atoms with van der Waals surface area (Å²) in [7, 11) is 0. The number of pyridine rings is 1. The average molecular weight is 692 g/mol. The maximum atomic E-state index is 16.4. The van der Waals surface area contributed by atoms with Crippen molar-refractivity contribution in [2.75, 3.05) is 57.5 Å². The van der Waals surface area contributed by atoms with E-state index < -0.39 is 99.2 Å². The van der Waals surface area contributed by atoms with E-state index in [0.29, 0.717) is 38.8 Å². The Labute approximate surface area is 269 Å². The summed E-state index contributed by atoms with van der Waals surface area (Å²) in [5.74, 6) is -4.45. The van der Waals surface area contributed by atoms with Crippen molar-refractivity contribution in [3.05, 3.63) is 28.8 Å². The molecule has 18 heteroatoms.